The molecule has 0 amide bonds. The number of esters is 1. The first-order chi connectivity index (χ1) is 11.1. The van der Waals surface area contributed by atoms with E-state index in [-0.39, 0.29) is 10.6 Å². The van der Waals surface area contributed by atoms with Gasteiger partial charge in [-0.1, -0.05) is 18.2 Å². The topological polar surface area (TPSA) is 69.4 Å². The fourth-order valence-corrected chi connectivity index (χ4v) is 3.16. The van der Waals surface area contributed by atoms with Crippen LogP contribution in [0.4, 0.5) is 5.69 Å². The van der Waals surface area contributed by atoms with Crippen molar-refractivity contribution in [2.24, 2.45) is 0 Å². The van der Waals surface area contributed by atoms with Crippen LogP contribution >= 0.6 is 0 Å². The van der Waals surface area contributed by atoms with E-state index in [1.807, 2.05) is 24.3 Å². The summed E-state index contributed by atoms with van der Waals surface area (Å²) in [5, 5.41) is 16.2. The molecule has 0 aromatic heterocycles. The molecule has 0 aliphatic rings. The highest BCUT2D eigenvalue weighted by Crippen LogP contribution is 2.41. The van der Waals surface area contributed by atoms with Gasteiger partial charge in [-0.15, -0.1) is 0 Å². The summed E-state index contributed by atoms with van der Waals surface area (Å²) >= 11 is 0. The number of hydrogen-bond acceptors (Lipinski definition) is 4. The average molecular weight is 305 g/mol. The molecular formula is C18H11NO4. The monoisotopic (exact) mass is 305 g/mol. The predicted octanol–water partition coefficient (Wildman–Crippen LogP) is 4.42. The maximum atomic E-state index is 11.3. The van der Waals surface area contributed by atoms with Crippen molar-refractivity contribution in [2.75, 3.05) is 0 Å². The number of ether oxygens (including phenoxy) is 1. The molecule has 0 aliphatic heterocycles. The largest absolute Gasteiger partial charge is 0.426 e. The lowest BCUT2D eigenvalue weighted by Gasteiger charge is -2.13. The molecule has 112 valence electrons. The summed E-state index contributed by atoms with van der Waals surface area (Å²) in [5.41, 5.74) is 0.0739. The van der Waals surface area contributed by atoms with Gasteiger partial charge in [0.05, 0.1) is 10.3 Å². The summed E-state index contributed by atoms with van der Waals surface area (Å²) in [6, 6.07) is 14.3. The zero-order chi connectivity index (χ0) is 16.1. The summed E-state index contributed by atoms with van der Waals surface area (Å²) in [4.78, 5) is 22.2. The molecule has 5 heteroatoms. The predicted molar refractivity (Wildman–Crippen MR) is 88.1 cm³/mol. The van der Waals surface area contributed by atoms with E-state index in [9.17, 15) is 14.9 Å². The molecule has 4 rings (SSSR count). The normalized spacial score (nSPS) is 11.3. The Bertz CT molecular complexity index is 1100. The third-order valence-corrected chi connectivity index (χ3v) is 4.05. The van der Waals surface area contributed by atoms with Crippen LogP contribution in [-0.4, -0.2) is 10.9 Å². The Morgan fingerprint density at radius 3 is 2.13 bits per heavy atom. The number of nitro groups is 1. The lowest BCUT2D eigenvalue weighted by atomic mass is 9.93. The Hall–Kier alpha value is -3.21. The molecule has 0 fully saturated rings. The van der Waals surface area contributed by atoms with E-state index in [1.165, 1.54) is 13.0 Å². The zero-order valence-electron chi connectivity index (χ0n) is 12.2. The van der Waals surface area contributed by atoms with E-state index < -0.39 is 5.97 Å². The molecule has 4 aromatic rings. The highest BCUT2D eigenvalue weighted by molar-refractivity contribution is 6.25. The lowest BCUT2D eigenvalue weighted by molar-refractivity contribution is -0.383. The number of hydrogen-bond donors (Lipinski definition) is 0. The number of carbonyl (C=O) groups is 1. The SMILES string of the molecule is CC(=O)Oc1ccc2ccc3c([N+](=O)[O-])ccc4ccc1c2c43. The number of nitrogens with zero attached hydrogens (tertiary/aromatic N) is 1. The van der Waals surface area contributed by atoms with E-state index in [1.54, 1.807) is 18.2 Å². The molecule has 0 saturated heterocycles. The molecule has 0 aliphatic carbocycles. The minimum atomic E-state index is -0.397. The van der Waals surface area contributed by atoms with Crippen molar-refractivity contribution in [1.82, 2.24) is 0 Å². The first-order valence-electron chi connectivity index (χ1n) is 7.09. The molecule has 5 nitrogen and oxygen atoms in total. The molecule has 23 heavy (non-hydrogen) atoms. The highest BCUT2D eigenvalue weighted by atomic mass is 16.6. The first kappa shape index (κ1) is 13.5. The number of non-ortho nitro benzene ring substituents is 1. The van der Waals surface area contributed by atoms with Crippen LogP contribution in [0.15, 0.2) is 48.5 Å². The van der Waals surface area contributed by atoms with Crippen molar-refractivity contribution < 1.29 is 14.5 Å². The van der Waals surface area contributed by atoms with E-state index in [0.717, 1.165) is 26.9 Å². The van der Waals surface area contributed by atoms with Gasteiger partial charge in [0, 0.05) is 29.1 Å². The van der Waals surface area contributed by atoms with Crippen molar-refractivity contribution in [3.63, 3.8) is 0 Å². The van der Waals surface area contributed by atoms with Crippen molar-refractivity contribution in [2.45, 2.75) is 6.92 Å². The van der Waals surface area contributed by atoms with Crippen LogP contribution in [0.5, 0.6) is 5.75 Å². The van der Waals surface area contributed by atoms with Crippen LogP contribution in [-0.2, 0) is 4.79 Å². The number of benzene rings is 4. The number of carbonyl (C=O) groups excluding carboxylic acids is 1. The Labute approximate surface area is 130 Å². The molecule has 0 N–H and O–H groups in total. The third kappa shape index (κ3) is 1.90. The molecule has 0 atom stereocenters. The average Bonchev–Trinajstić information content (AvgIpc) is 2.53. The summed E-state index contributed by atoms with van der Waals surface area (Å²) in [6.07, 6.45) is 0. The molecule has 0 heterocycles. The van der Waals surface area contributed by atoms with Crippen molar-refractivity contribution in [3.05, 3.63) is 58.6 Å². The summed E-state index contributed by atoms with van der Waals surface area (Å²) < 4.78 is 5.28. The van der Waals surface area contributed by atoms with Gasteiger partial charge in [0.25, 0.3) is 5.69 Å². The zero-order valence-corrected chi connectivity index (χ0v) is 12.2. The Kier molecular flexibility index (Phi) is 2.72. The van der Waals surface area contributed by atoms with E-state index in [2.05, 4.69) is 0 Å². The second kappa shape index (κ2) is 4.64. The number of nitro benzene ring substituents is 1. The van der Waals surface area contributed by atoms with E-state index in [0.29, 0.717) is 11.1 Å². The fourth-order valence-electron chi connectivity index (χ4n) is 3.16. The van der Waals surface area contributed by atoms with E-state index >= 15 is 0 Å². The number of rotatable bonds is 2. The fraction of sp³-hybridized carbons (Fsp3) is 0.0556. The van der Waals surface area contributed by atoms with Crippen LogP contribution in [0.25, 0.3) is 32.3 Å². The van der Waals surface area contributed by atoms with Gasteiger partial charge in [0.15, 0.2) is 0 Å². The quantitative estimate of drug-likeness (QED) is 0.181. The first-order valence-corrected chi connectivity index (χ1v) is 7.09. The minimum Gasteiger partial charge on any atom is -0.426 e. The van der Waals surface area contributed by atoms with Gasteiger partial charge < -0.3 is 4.74 Å². The molecule has 0 saturated carbocycles. The second-order valence-electron chi connectivity index (χ2n) is 5.42. The van der Waals surface area contributed by atoms with Crippen LogP contribution in [0, 0.1) is 10.1 Å². The Morgan fingerprint density at radius 2 is 1.48 bits per heavy atom. The molecule has 0 bridgehead atoms. The molecule has 4 aromatic carbocycles. The minimum absolute atomic E-state index is 0.0739. The van der Waals surface area contributed by atoms with Gasteiger partial charge in [-0.05, 0) is 35.0 Å². The molecule has 0 spiro atoms. The third-order valence-electron chi connectivity index (χ3n) is 4.05. The van der Waals surface area contributed by atoms with Gasteiger partial charge in [0.2, 0.25) is 0 Å². The van der Waals surface area contributed by atoms with Gasteiger partial charge in [-0.25, -0.2) is 0 Å². The summed E-state index contributed by atoms with van der Waals surface area (Å²) in [7, 11) is 0. The van der Waals surface area contributed by atoms with Crippen LogP contribution in [0.2, 0.25) is 0 Å². The highest BCUT2D eigenvalue weighted by Gasteiger charge is 2.18. The van der Waals surface area contributed by atoms with Gasteiger partial charge >= 0.3 is 5.97 Å². The van der Waals surface area contributed by atoms with Crippen molar-refractivity contribution in [1.29, 1.82) is 0 Å². The van der Waals surface area contributed by atoms with Crippen molar-refractivity contribution >= 4 is 44.0 Å². The van der Waals surface area contributed by atoms with Crippen LogP contribution < -0.4 is 4.74 Å². The molecule has 0 radical (unpaired) electrons. The summed E-state index contributed by atoms with van der Waals surface area (Å²) in [5.74, 6) is 0.0666. The standard InChI is InChI=1S/C18H11NO4/c1-10(20)23-16-9-5-12-2-6-13-15(19(21)22)8-4-11-3-7-14(16)18(12)17(11)13/h2-9H,1H3. The van der Waals surface area contributed by atoms with Gasteiger partial charge in [0.1, 0.15) is 5.75 Å². The molecule has 0 unspecified atom stereocenters. The van der Waals surface area contributed by atoms with Gasteiger partial charge in [-0.3, -0.25) is 14.9 Å². The Morgan fingerprint density at radius 1 is 0.913 bits per heavy atom. The smallest absolute Gasteiger partial charge is 0.308 e. The lowest BCUT2D eigenvalue weighted by Crippen LogP contribution is -2.02. The van der Waals surface area contributed by atoms with Crippen molar-refractivity contribution in [3.8, 4) is 5.75 Å². The second-order valence-corrected chi connectivity index (χ2v) is 5.42. The Balaban J connectivity index is 2.21. The van der Waals surface area contributed by atoms with Crippen LogP contribution in [0.3, 0.4) is 0 Å². The maximum absolute atomic E-state index is 11.3. The molecular weight excluding hydrogens is 294 g/mol. The summed E-state index contributed by atoms with van der Waals surface area (Å²) in [6.45, 7) is 1.35. The van der Waals surface area contributed by atoms with Gasteiger partial charge in [-0.2, -0.15) is 0 Å². The van der Waals surface area contributed by atoms with E-state index in [4.69, 9.17) is 4.74 Å². The van der Waals surface area contributed by atoms with Crippen LogP contribution in [0.1, 0.15) is 6.92 Å². The maximum Gasteiger partial charge on any atom is 0.308 e.